The molecule has 1 N–H and O–H groups in total. The Morgan fingerprint density at radius 1 is 1.12 bits per heavy atom. The molecule has 2 aromatic rings. The molecule has 4 amide bonds. The van der Waals surface area contributed by atoms with Crippen LogP contribution < -0.4 is 19.7 Å². The maximum atomic E-state index is 13.2. The maximum absolute atomic E-state index is 13.2. The molecular formula is C24H25BrN2O5. The Kier molecular flexibility index (Phi) is 7.03. The molecule has 7 nitrogen and oxygen atoms in total. The number of carbonyl (C=O) groups is 3. The maximum Gasteiger partial charge on any atom is 0.335 e. The molecule has 0 aliphatic carbocycles. The van der Waals surface area contributed by atoms with Gasteiger partial charge in [-0.3, -0.25) is 14.9 Å². The van der Waals surface area contributed by atoms with Crippen molar-refractivity contribution in [2.24, 2.45) is 0 Å². The summed E-state index contributed by atoms with van der Waals surface area (Å²) in [5.74, 6) is -0.427. The Labute approximate surface area is 195 Å². The second-order valence-electron chi connectivity index (χ2n) is 7.68. The summed E-state index contributed by atoms with van der Waals surface area (Å²) in [5, 5.41) is 2.25. The number of ether oxygens (including phenoxy) is 2. The Morgan fingerprint density at radius 3 is 2.47 bits per heavy atom. The van der Waals surface area contributed by atoms with E-state index in [9.17, 15) is 14.4 Å². The van der Waals surface area contributed by atoms with Crippen LogP contribution in [0.5, 0.6) is 11.5 Å². The fraction of sp³-hybridized carbons (Fsp3) is 0.292. The monoisotopic (exact) mass is 500 g/mol. The fourth-order valence-electron chi connectivity index (χ4n) is 3.38. The van der Waals surface area contributed by atoms with Crippen molar-refractivity contribution in [3.63, 3.8) is 0 Å². The highest BCUT2D eigenvalue weighted by atomic mass is 79.9. The second kappa shape index (κ2) is 9.56. The van der Waals surface area contributed by atoms with E-state index in [4.69, 9.17) is 9.47 Å². The molecule has 0 spiro atoms. The highest BCUT2D eigenvalue weighted by Gasteiger charge is 2.37. The van der Waals surface area contributed by atoms with Gasteiger partial charge >= 0.3 is 6.03 Å². The van der Waals surface area contributed by atoms with Gasteiger partial charge in [0, 0.05) is 0 Å². The molecule has 8 heteroatoms. The number of anilines is 1. The fourth-order valence-corrected chi connectivity index (χ4v) is 3.94. The smallest absolute Gasteiger partial charge is 0.335 e. The minimum absolute atomic E-state index is 0.0715. The van der Waals surface area contributed by atoms with Crippen molar-refractivity contribution in [3.05, 3.63) is 57.1 Å². The van der Waals surface area contributed by atoms with E-state index in [1.807, 2.05) is 46.8 Å². The van der Waals surface area contributed by atoms with E-state index >= 15 is 0 Å². The van der Waals surface area contributed by atoms with Crippen molar-refractivity contribution in [3.8, 4) is 11.5 Å². The highest BCUT2D eigenvalue weighted by molar-refractivity contribution is 9.10. The quantitative estimate of drug-likeness (QED) is 0.449. The van der Waals surface area contributed by atoms with E-state index in [2.05, 4.69) is 21.2 Å². The first-order valence-electron chi connectivity index (χ1n) is 10.2. The van der Waals surface area contributed by atoms with Gasteiger partial charge in [-0.15, -0.1) is 0 Å². The van der Waals surface area contributed by atoms with E-state index in [1.54, 1.807) is 18.2 Å². The third kappa shape index (κ3) is 4.85. The Balaban J connectivity index is 2.05. The van der Waals surface area contributed by atoms with Crippen LogP contribution in [0.15, 0.2) is 40.4 Å². The molecule has 32 heavy (non-hydrogen) atoms. The number of nitrogens with zero attached hydrogens (tertiary/aromatic N) is 1. The summed E-state index contributed by atoms with van der Waals surface area (Å²) in [6.07, 6.45) is 1.37. The molecule has 1 fully saturated rings. The van der Waals surface area contributed by atoms with Crippen molar-refractivity contribution in [2.75, 3.05) is 11.5 Å². The van der Waals surface area contributed by atoms with Crippen LogP contribution >= 0.6 is 15.9 Å². The first-order valence-corrected chi connectivity index (χ1v) is 11.0. The number of benzene rings is 2. The molecule has 0 unspecified atom stereocenters. The zero-order valence-electron chi connectivity index (χ0n) is 18.6. The van der Waals surface area contributed by atoms with Crippen molar-refractivity contribution in [1.82, 2.24) is 5.32 Å². The number of nitrogens with one attached hydrogen (secondary N) is 1. The SMILES string of the molecule is CCOc1cc(/C=C2\C(=O)NC(=O)N(c3ccc(C)cc3C)C2=O)cc(Br)c1OC(C)C. The van der Waals surface area contributed by atoms with Gasteiger partial charge in [0.15, 0.2) is 11.5 Å². The molecule has 0 atom stereocenters. The lowest BCUT2D eigenvalue weighted by atomic mass is 10.0. The molecule has 1 heterocycles. The van der Waals surface area contributed by atoms with E-state index in [0.29, 0.717) is 33.8 Å². The predicted octanol–water partition coefficient (Wildman–Crippen LogP) is 4.92. The normalized spacial score (nSPS) is 15.4. The summed E-state index contributed by atoms with van der Waals surface area (Å²) in [7, 11) is 0. The summed E-state index contributed by atoms with van der Waals surface area (Å²) in [5.41, 5.74) is 2.56. The number of aryl methyl sites for hydroxylation is 2. The average molecular weight is 501 g/mol. The topological polar surface area (TPSA) is 84.9 Å². The molecule has 0 aromatic heterocycles. The van der Waals surface area contributed by atoms with Gasteiger partial charge in [-0.2, -0.15) is 0 Å². The first-order chi connectivity index (χ1) is 15.1. The van der Waals surface area contributed by atoms with E-state index in [-0.39, 0.29) is 11.7 Å². The lowest BCUT2D eigenvalue weighted by Crippen LogP contribution is -2.54. The van der Waals surface area contributed by atoms with Crippen molar-refractivity contribution >= 4 is 45.5 Å². The van der Waals surface area contributed by atoms with Crippen LogP contribution in [0.4, 0.5) is 10.5 Å². The lowest BCUT2D eigenvalue weighted by Gasteiger charge is -2.27. The Morgan fingerprint density at radius 2 is 1.84 bits per heavy atom. The third-order valence-electron chi connectivity index (χ3n) is 4.69. The summed E-state index contributed by atoms with van der Waals surface area (Å²) >= 11 is 3.48. The van der Waals surface area contributed by atoms with Crippen molar-refractivity contribution < 1.29 is 23.9 Å². The minimum atomic E-state index is -0.777. The van der Waals surface area contributed by atoms with Gasteiger partial charge in [0.1, 0.15) is 5.57 Å². The number of carbonyl (C=O) groups excluding carboxylic acids is 3. The summed E-state index contributed by atoms with van der Waals surface area (Å²) in [6.45, 7) is 9.80. The van der Waals surface area contributed by atoms with Crippen LogP contribution in [0.25, 0.3) is 6.08 Å². The Bertz CT molecular complexity index is 1120. The molecule has 2 aromatic carbocycles. The largest absolute Gasteiger partial charge is 0.490 e. The van der Waals surface area contributed by atoms with Gasteiger partial charge in [-0.25, -0.2) is 9.69 Å². The molecule has 1 aliphatic rings. The molecule has 3 rings (SSSR count). The van der Waals surface area contributed by atoms with Crippen LogP contribution in [-0.4, -0.2) is 30.6 Å². The van der Waals surface area contributed by atoms with Crippen LogP contribution in [0.2, 0.25) is 0 Å². The molecule has 168 valence electrons. The summed E-state index contributed by atoms with van der Waals surface area (Å²) < 4.78 is 12.2. The van der Waals surface area contributed by atoms with Crippen molar-refractivity contribution in [1.29, 1.82) is 0 Å². The Hall–Kier alpha value is -3.13. The van der Waals surface area contributed by atoms with Gasteiger partial charge in [0.2, 0.25) is 0 Å². The van der Waals surface area contributed by atoms with Crippen LogP contribution in [0.3, 0.4) is 0 Å². The minimum Gasteiger partial charge on any atom is -0.490 e. The lowest BCUT2D eigenvalue weighted by molar-refractivity contribution is -0.122. The van der Waals surface area contributed by atoms with Crippen molar-refractivity contribution in [2.45, 2.75) is 40.7 Å². The molecule has 1 aliphatic heterocycles. The van der Waals surface area contributed by atoms with Gasteiger partial charge < -0.3 is 9.47 Å². The predicted molar refractivity (Wildman–Crippen MR) is 126 cm³/mol. The number of amides is 4. The molecule has 1 saturated heterocycles. The average Bonchev–Trinajstić information content (AvgIpc) is 2.69. The summed E-state index contributed by atoms with van der Waals surface area (Å²) in [6, 6.07) is 8.01. The van der Waals surface area contributed by atoms with Gasteiger partial charge in [-0.1, -0.05) is 17.7 Å². The molecular weight excluding hydrogens is 476 g/mol. The van der Waals surface area contributed by atoms with Crippen LogP contribution in [0, 0.1) is 13.8 Å². The standard InChI is InChI=1S/C24H25BrN2O5/c1-6-31-20-12-16(11-18(25)21(20)32-13(2)3)10-17-22(28)26-24(30)27(23(17)29)19-8-7-14(4)9-15(19)5/h7-13H,6H2,1-5H3,(H,26,28,30)/b17-10+. The molecule has 0 saturated carbocycles. The number of hydrogen-bond acceptors (Lipinski definition) is 5. The van der Waals surface area contributed by atoms with E-state index < -0.39 is 17.8 Å². The van der Waals surface area contributed by atoms with Gasteiger partial charge in [0.05, 0.1) is 22.9 Å². The van der Waals surface area contributed by atoms with E-state index in [0.717, 1.165) is 16.0 Å². The molecule has 0 bridgehead atoms. The zero-order chi connectivity index (χ0) is 23.6. The number of barbiturate groups is 1. The number of rotatable bonds is 6. The van der Waals surface area contributed by atoms with Crippen LogP contribution in [-0.2, 0) is 9.59 Å². The van der Waals surface area contributed by atoms with Crippen LogP contribution in [0.1, 0.15) is 37.5 Å². The third-order valence-corrected chi connectivity index (χ3v) is 5.28. The molecule has 0 radical (unpaired) electrons. The number of imide groups is 2. The number of hydrogen-bond donors (Lipinski definition) is 1. The van der Waals surface area contributed by atoms with E-state index in [1.165, 1.54) is 6.08 Å². The second-order valence-corrected chi connectivity index (χ2v) is 8.53. The number of halogens is 1. The number of urea groups is 1. The zero-order valence-corrected chi connectivity index (χ0v) is 20.2. The van der Waals surface area contributed by atoms with Gasteiger partial charge in [0.25, 0.3) is 11.8 Å². The highest BCUT2D eigenvalue weighted by Crippen LogP contribution is 2.38. The van der Waals surface area contributed by atoms with Gasteiger partial charge in [-0.05, 0) is 86.0 Å². The summed E-state index contributed by atoms with van der Waals surface area (Å²) in [4.78, 5) is 39.2. The first kappa shape index (κ1) is 23.5.